The van der Waals surface area contributed by atoms with Gasteiger partial charge in [0.05, 0.1) is 5.52 Å². The monoisotopic (exact) mass is 508 g/mol. The minimum absolute atomic E-state index is 0.0636. The van der Waals surface area contributed by atoms with E-state index in [9.17, 15) is 14.4 Å². The summed E-state index contributed by atoms with van der Waals surface area (Å²) in [6.07, 6.45) is 1.59. The zero-order chi connectivity index (χ0) is 26.2. The van der Waals surface area contributed by atoms with Gasteiger partial charge in [-0.1, -0.05) is 12.0 Å². The van der Waals surface area contributed by atoms with Gasteiger partial charge in [0.1, 0.15) is 23.6 Å². The second-order valence-corrected chi connectivity index (χ2v) is 10.1. The van der Waals surface area contributed by atoms with E-state index in [4.69, 9.17) is 4.74 Å². The standard InChI is InChI=1S/C30H28N4O4/c1-2-3-22-6-5-20-14-19(4-9-26(20)31-22)16-33-13-12-24(18-33)38-23-7-8-25-21(15-23)17-34(30(25)37)27-10-11-28(35)32-29(27)36/h4-9,14-15,24,27H,10-13,16-18H2,1H3,(H,32,35,36). The number of aromatic nitrogens is 1. The van der Waals surface area contributed by atoms with Crippen LogP contribution in [0.5, 0.6) is 5.75 Å². The van der Waals surface area contributed by atoms with E-state index >= 15 is 0 Å². The highest BCUT2D eigenvalue weighted by Crippen LogP contribution is 2.31. The fourth-order valence-electron chi connectivity index (χ4n) is 5.58. The van der Waals surface area contributed by atoms with Crippen molar-refractivity contribution >= 4 is 28.6 Å². The van der Waals surface area contributed by atoms with Crippen molar-refractivity contribution in [3.63, 3.8) is 0 Å². The van der Waals surface area contributed by atoms with Gasteiger partial charge in [0, 0.05) is 43.5 Å². The fraction of sp³-hybridized carbons (Fsp3) is 0.333. The van der Waals surface area contributed by atoms with E-state index in [1.807, 2.05) is 25.1 Å². The highest BCUT2D eigenvalue weighted by atomic mass is 16.5. The van der Waals surface area contributed by atoms with Gasteiger partial charge in [0.15, 0.2) is 0 Å². The molecule has 0 saturated carbocycles. The molecule has 3 aromatic rings. The number of carbonyl (C=O) groups is 3. The van der Waals surface area contributed by atoms with E-state index in [0.717, 1.165) is 54.0 Å². The van der Waals surface area contributed by atoms with Gasteiger partial charge in [-0.2, -0.15) is 0 Å². The molecule has 3 aliphatic rings. The Balaban J connectivity index is 1.07. The second kappa shape index (κ2) is 9.92. The second-order valence-electron chi connectivity index (χ2n) is 10.1. The number of nitrogens with one attached hydrogen (secondary N) is 1. The Hall–Kier alpha value is -4.22. The molecule has 6 rings (SSSR count). The van der Waals surface area contributed by atoms with Gasteiger partial charge in [-0.25, -0.2) is 4.98 Å². The molecule has 192 valence electrons. The number of fused-ring (bicyclic) bond motifs is 2. The summed E-state index contributed by atoms with van der Waals surface area (Å²) >= 11 is 0. The summed E-state index contributed by atoms with van der Waals surface area (Å²) in [6, 6.07) is 15.3. The summed E-state index contributed by atoms with van der Waals surface area (Å²) in [5.41, 5.74) is 4.41. The van der Waals surface area contributed by atoms with Gasteiger partial charge in [-0.15, -0.1) is 0 Å². The highest BCUT2D eigenvalue weighted by Gasteiger charge is 2.39. The van der Waals surface area contributed by atoms with Crippen LogP contribution < -0.4 is 10.1 Å². The van der Waals surface area contributed by atoms with Gasteiger partial charge in [-0.3, -0.25) is 24.6 Å². The van der Waals surface area contributed by atoms with Crippen LogP contribution in [0.4, 0.5) is 0 Å². The van der Waals surface area contributed by atoms with E-state index in [0.29, 0.717) is 18.5 Å². The van der Waals surface area contributed by atoms with Crippen molar-refractivity contribution in [1.29, 1.82) is 0 Å². The van der Waals surface area contributed by atoms with Crippen molar-refractivity contribution in [2.45, 2.75) is 51.4 Å². The first-order chi connectivity index (χ1) is 18.5. The first kappa shape index (κ1) is 24.1. The van der Waals surface area contributed by atoms with Crippen LogP contribution in [0.1, 0.15) is 53.4 Å². The summed E-state index contributed by atoms with van der Waals surface area (Å²) in [6.45, 7) is 4.76. The van der Waals surface area contributed by atoms with Crippen molar-refractivity contribution in [3.05, 3.63) is 70.9 Å². The lowest BCUT2D eigenvalue weighted by atomic mass is 10.0. The van der Waals surface area contributed by atoms with Crippen LogP contribution in [0, 0.1) is 11.8 Å². The van der Waals surface area contributed by atoms with Gasteiger partial charge in [-0.05, 0) is 79.3 Å². The summed E-state index contributed by atoms with van der Waals surface area (Å²) in [5, 5.41) is 3.45. The summed E-state index contributed by atoms with van der Waals surface area (Å²) in [5.74, 6) is 5.77. The van der Waals surface area contributed by atoms with Gasteiger partial charge >= 0.3 is 0 Å². The molecule has 0 spiro atoms. The number of amides is 3. The smallest absolute Gasteiger partial charge is 0.255 e. The molecule has 0 radical (unpaired) electrons. The van der Waals surface area contributed by atoms with Crippen LogP contribution in [0.3, 0.4) is 0 Å². The molecule has 8 nitrogen and oxygen atoms in total. The number of hydrogen-bond donors (Lipinski definition) is 1. The van der Waals surface area contributed by atoms with Gasteiger partial charge < -0.3 is 9.64 Å². The molecule has 1 N–H and O–H groups in total. The SMILES string of the molecule is CC#Cc1ccc2cc(CN3CCC(Oc4ccc5c(c4)CN(C4CCC(=O)NC4=O)C5=O)C3)ccc2n1. The van der Waals surface area contributed by atoms with Gasteiger partial charge in [0.2, 0.25) is 11.8 Å². The van der Waals surface area contributed by atoms with Gasteiger partial charge in [0.25, 0.3) is 5.91 Å². The Bertz CT molecular complexity index is 1520. The van der Waals surface area contributed by atoms with E-state index in [-0.39, 0.29) is 24.3 Å². The maximum absolute atomic E-state index is 12.9. The van der Waals surface area contributed by atoms with Crippen molar-refractivity contribution in [3.8, 4) is 17.6 Å². The minimum atomic E-state index is -0.613. The molecule has 1 aromatic heterocycles. The number of likely N-dealkylation sites (tertiary alicyclic amines) is 1. The van der Waals surface area contributed by atoms with Crippen molar-refractivity contribution in [2.75, 3.05) is 13.1 Å². The van der Waals surface area contributed by atoms with Crippen molar-refractivity contribution in [1.82, 2.24) is 20.1 Å². The Kier molecular flexibility index (Phi) is 6.30. The number of rotatable bonds is 5. The maximum atomic E-state index is 12.9. The number of benzene rings is 2. The summed E-state index contributed by atoms with van der Waals surface area (Å²) < 4.78 is 6.31. The largest absolute Gasteiger partial charge is 0.489 e. The molecular weight excluding hydrogens is 480 g/mol. The molecule has 3 aliphatic heterocycles. The van der Waals surface area contributed by atoms with E-state index < -0.39 is 11.9 Å². The lowest BCUT2D eigenvalue weighted by Gasteiger charge is -2.29. The number of piperidine rings is 1. The Morgan fingerprint density at radius 1 is 1.08 bits per heavy atom. The first-order valence-corrected chi connectivity index (χ1v) is 13.0. The van der Waals surface area contributed by atoms with E-state index in [2.05, 4.69) is 51.3 Å². The fourth-order valence-corrected chi connectivity index (χ4v) is 5.58. The number of nitrogens with zero attached hydrogens (tertiary/aromatic N) is 3. The zero-order valence-electron chi connectivity index (χ0n) is 21.2. The molecular formula is C30H28N4O4. The Morgan fingerprint density at radius 3 is 2.82 bits per heavy atom. The molecule has 38 heavy (non-hydrogen) atoms. The third kappa shape index (κ3) is 4.73. The molecule has 2 fully saturated rings. The van der Waals surface area contributed by atoms with Crippen LogP contribution in [-0.4, -0.2) is 57.7 Å². The first-order valence-electron chi connectivity index (χ1n) is 13.0. The molecule has 2 unspecified atom stereocenters. The average Bonchev–Trinajstić information content (AvgIpc) is 3.47. The Morgan fingerprint density at radius 2 is 1.97 bits per heavy atom. The predicted octanol–water partition coefficient (Wildman–Crippen LogP) is 3.02. The molecule has 3 amide bonds. The number of imide groups is 1. The average molecular weight is 509 g/mol. The molecule has 8 heteroatoms. The van der Waals surface area contributed by atoms with Crippen LogP contribution in [0.2, 0.25) is 0 Å². The number of carbonyl (C=O) groups excluding carboxylic acids is 3. The normalized spacial score (nSPS) is 21.3. The minimum Gasteiger partial charge on any atom is -0.489 e. The third-order valence-electron chi connectivity index (χ3n) is 7.44. The van der Waals surface area contributed by atoms with E-state index in [1.165, 1.54) is 5.56 Å². The molecule has 0 bridgehead atoms. The van der Waals surface area contributed by atoms with Crippen LogP contribution >= 0.6 is 0 Å². The quantitative estimate of drug-likeness (QED) is 0.421. The molecule has 2 atom stereocenters. The zero-order valence-corrected chi connectivity index (χ0v) is 21.2. The van der Waals surface area contributed by atoms with Crippen LogP contribution in [-0.2, 0) is 22.7 Å². The maximum Gasteiger partial charge on any atom is 0.255 e. The lowest BCUT2D eigenvalue weighted by Crippen LogP contribution is -2.52. The Labute approximate surface area is 221 Å². The topological polar surface area (TPSA) is 91.8 Å². The number of ether oxygens (including phenoxy) is 1. The number of hydrogen-bond acceptors (Lipinski definition) is 6. The highest BCUT2D eigenvalue weighted by molar-refractivity contribution is 6.05. The van der Waals surface area contributed by atoms with Crippen LogP contribution in [0.15, 0.2) is 48.5 Å². The summed E-state index contributed by atoms with van der Waals surface area (Å²) in [4.78, 5) is 45.2. The van der Waals surface area contributed by atoms with Crippen molar-refractivity contribution < 1.29 is 19.1 Å². The van der Waals surface area contributed by atoms with E-state index in [1.54, 1.807) is 11.0 Å². The van der Waals surface area contributed by atoms with Crippen LogP contribution in [0.25, 0.3) is 10.9 Å². The third-order valence-corrected chi connectivity index (χ3v) is 7.44. The number of pyridine rings is 1. The summed E-state index contributed by atoms with van der Waals surface area (Å²) in [7, 11) is 0. The molecule has 2 aromatic carbocycles. The molecule has 4 heterocycles. The van der Waals surface area contributed by atoms with Crippen molar-refractivity contribution in [2.24, 2.45) is 0 Å². The molecule has 0 aliphatic carbocycles. The lowest BCUT2D eigenvalue weighted by molar-refractivity contribution is -0.136. The predicted molar refractivity (Wildman–Crippen MR) is 141 cm³/mol. The molecule has 2 saturated heterocycles.